The van der Waals surface area contributed by atoms with Crippen molar-refractivity contribution < 1.29 is 12.7 Å². The maximum Gasteiger partial charge on any atom is 0.323 e. The van der Waals surface area contributed by atoms with E-state index in [9.17, 15) is 12.7 Å². The summed E-state index contributed by atoms with van der Waals surface area (Å²) in [6.07, 6.45) is 2.74. The lowest BCUT2D eigenvalue weighted by molar-refractivity contribution is 0.282. The van der Waals surface area contributed by atoms with Gasteiger partial charge in [-0.25, -0.2) is 0 Å². The van der Waals surface area contributed by atoms with Gasteiger partial charge in [0.2, 0.25) is 0 Å². The van der Waals surface area contributed by atoms with Gasteiger partial charge in [-0.2, -0.15) is 12.7 Å². The maximum atomic E-state index is 12.9. The van der Waals surface area contributed by atoms with E-state index in [2.05, 4.69) is 11.9 Å². The molecule has 0 aliphatic carbocycles. The number of thioether (sulfide) groups is 1. The standard InChI is InChI=1S/C15H20F3NS2/c1-19-9-6-14(7-10-19)20-13-4-2-12(3-5-13)8-11-21(18)15(16)17/h2-5,14H,6-11H2,1H3. The van der Waals surface area contributed by atoms with Gasteiger partial charge in [0.05, 0.1) is 10.9 Å². The minimum absolute atomic E-state index is 0.121. The van der Waals surface area contributed by atoms with Crippen LogP contribution in [0.4, 0.5) is 12.7 Å². The van der Waals surface area contributed by atoms with Crippen LogP contribution < -0.4 is 0 Å². The predicted octanol–water partition coefficient (Wildman–Crippen LogP) is 4.60. The van der Waals surface area contributed by atoms with Crippen LogP contribution in [0.3, 0.4) is 0 Å². The third-order valence-corrected chi connectivity index (χ3v) is 5.88. The number of hydrogen-bond donors (Lipinski definition) is 0. The SMILES string of the molecule is CN1CCC(Sc2ccc(CCS(F)=C(F)F)cc2)CC1. The van der Waals surface area contributed by atoms with E-state index >= 15 is 0 Å². The first-order chi connectivity index (χ1) is 10.0. The van der Waals surface area contributed by atoms with Crippen LogP contribution in [0.2, 0.25) is 0 Å². The average Bonchev–Trinajstić information content (AvgIpc) is 2.48. The molecule has 0 aromatic heterocycles. The highest BCUT2D eigenvalue weighted by molar-refractivity contribution is 8.11. The predicted molar refractivity (Wildman–Crippen MR) is 87.3 cm³/mol. The summed E-state index contributed by atoms with van der Waals surface area (Å²) < 4.78 is 36.9. The quantitative estimate of drug-likeness (QED) is 0.572. The van der Waals surface area contributed by atoms with Crippen molar-refractivity contribution in [2.45, 2.75) is 29.4 Å². The Balaban J connectivity index is 1.83. The summed E-state index contributed by atoms with van der Waals surface area (Å²) in [6.45, 7) is 2.28. The molecule has 0 saturated carbocycles. The summed E-state index contributed by atoms with van der Waals surface area (Å²) in [5.41, 5.74) is 0.916. The Labute approximate surface area is 131 Å². The van der Waals surface area contributed by atoms with Gasteiger partial charge in [0.25, 0.3) is 0 Å². The molecular formula is C15H20F3NS2. The highest BCUT2D eigenvalue weighted by Crippen LogP contribution is 2.30. The second-order valence-electron chi connectivity index (χ2n) is 5.27. The number of benzene rings is 1. The number of rotatable bonds is 5. The molecule has 1 nitrogen and oxygen atoms in total. The maximum absolute atomic E-state index is 12.9. The lowest BCUT2D eigenvalue weighted by Crippen LogP contribution is -2.31. The molecule has 6 heteroatoms. The van der Waals surface area contributed by atoms with Crippen LogP contribution in [0.15, 0.2) is 29.2 Å². The van der Waals surface area contributed by atoms with Gasteiger partial charge in [-0.1, -0.05) is 12.1 Å². The molecule has 21 heavy (non-hydrogen) atoms. The minimum Gasteiger partial charge on any atom is -0.306 e. The third-order valence-electron chi connectivity index (χ3n) is 3.63. The number of nitrogens with zero attached hydrogens (tertiary/aromatic N) is 1. The van der Waals surface area contributed by atoms with Gasteiger partial charge >= 0.3 is 5.37 Å². The van der Waals surface area contributed by atoms with E-state index in [0.29, 0.717) is 11.7 Å². The molecule has 0 radical (unpaired) electrons. The summed E-state index contributed by atoms with van der Waals surface area (Å²) in [5, 5.41) is -1.44. The fraction of sp³-hybridized carbons (Fsp3) is 0.533. The molecule has 1 aliphatic heterocycles. The minimum atomic E-state index is -2.36. The molecule has 118 valence electrons. The number of piperidine rings is 1. The summed E-state index contributed by atoms with van der Waals surface area (Å²) in [5.74, 6) is -0.121. The van der Waals surface area contributed by atoms with Gasteiger partial charge in [0, 0.05) is 15.9 Å². The molecule has 1 atom stereocenters. The van der Waals surface area contributed by atoms with E-state index < -0.39 is 16.2 Å². The van der Waals surface area contributed by atoms with Gasteiger partial charge in [-0.05, 0) is 57.1 Å². The number of aryl methyl sites for hydroxylation is 1. The molecular weight excluding hydrogens is 315 g/mol. The average molecular weight is 335 g/mol. The van der Waals surface area contributed by atoms with Crippen molar-refractivity contribution in [3.8, 4) is 0 Å². The first kappa shape index (κ1) is 16.9. The summed E-state index contributed by atoms with van der Waals surface area (Å²) in [4.78, 5) is 3.55. The molecule has 0 bridgehead atoms. The first-order valence-corrected chi connectivity index (χ1v) is 9.21. The van der Waals surface area contributed by atoms with Crippen LogP contribution in [0.1, 0.15) is 18.4 Å². The molecule has 1 saturated heterocycles. The van der Waals surface area contributed by atoms with Gasteiger partial charge in [0.1, 0.15) is 0 Å². The van der Waals surface area contributed by atoms with Crippen molar-refractivity contribution in [1.29, 1.82) is 0 Å². The Bertz CT molecular complexity index is 478. The van der Waals surface area contributed by atoms with Gasteiger partial charge in [0.15, 0.2) is 0 Å². The van der Waals surface area contributed by atoms with Crippen molar-refractivity contribution in [3.63, 3.8) is 0 Å². The molecule has 1 unspecified atom stereocenters. The first-order valence-electron chi connectivity index (χ1n) is 7.04. The number of hydrogen-bond acceptors (Lipinski definition) is 2. The number of likely N-dealkylation sites (tertiary alicyclic amines) is 1. The monoisotopic (exact) mass is 335 g/mol. The fourth-order valence-corrected chi connectivity index (χ4v) is 4.01. The van der Waals surface area contributed by atoms with Crippen LogP contribution >= 0.6 is 22.6 Å². The zero-order valence-corrected chi connectivity index (χ0v) is 13.7. The van der Waals surface area contributed by atoms with E-state index in [4.69, 9.17) is 0 Å². The lowest BCUT2D eigenvalue weighted by Gasteiger charge is -2.28. The molecule has 1 fully saturated rings. The molecule has 2 rings (SSSR count). The molecule has 0 amide bonds. The van der Waals surface area contributed by atoms with E-state index in [1.165, 1.54) is 17.7 Å². The Morgan fingerprint density at radius 2 is 1.86 bits per heavy atom. The second-order valence-corrected chi connectivity index (χ2v) is 8.03. The fourth-order valence-electron chi connectivity index (χ4n) is 2.31. The zero-order valence-electron chi connectivity index (χ0n) is 12.0. The van der Waals surface area contributed by atoms with Crippen LogP contribution in [0.5, 0.6) is 0 Å². The zero-order chi connectivity index (χ0) is 15.2. The van der Waals surface area contributed by atoms with Crippen LogP contribution in [-0.4, -0.2) is 41.4 Å². The largest absolute Gasteiger partial charge is 0.323 e. The van der Waals surface area contributed by atoms with E-state index in [0.717, 1.165) is 18.7 Å². The summed E-state index contributed by atoms with van der Waals surface area (Å²) in [6, 6.07) is 7.88. The van der Waals surface area contributed by atoms with Crippen molar-refractivity contribution >= 4 is 28.0 Å². The highest BCUT2D eigenvalue weighted by Gasteiger charge is 2.17. The molecule has 1 aliphatic rings. The Morgan fingerprint density at radius 3 is 2.43 bits per heavy atom. The lowest BCUT2D eigenvalue weighted by atomic mass is 10.1. The molecule has 1 aromatic carbocycles. The van der Waals surface area contributed by atoms with Crippen LogP contribution in [0.25, 0.3) is 0 Å². The molecule has 0 spiro atoms. The van der Waals surface area contributed by atoms with Crippen molar-refractivity contribution in [3.05, 3.63) is 29.8 Å². The van der Waals surface area contributed by atoms with E-state index in [-0.39, 0.29) is 5.75 Å². The number of halogens is 3. The smallest absolute Gasteiger partial charge is 0.306 e. The Morgan fingerprint density at radius 1 is 1.24 bits per heavy atom. The van der Waals surface area contributed by atoms with Gasteiger partial charge < -0.3 is 4.90 Å². The van der Waals surface area contributed by atoms with Crippen molar-refractivity contribution in [1.82, 2.24) is 4.90 Å². The molecule has 1 aromatic rings. The van der Waals surface area contributed by atoms with Crippen molar-refractivity contribution in [2.24, 2.45) is 0 Å². The van der Waals surface area contributed by atoms with E-state index in [1.54, 1.807) is 0 Å². The Hall–Kier alpha value is -0.460. The third kappa shape index (κ3) is 5.68. The van der Waals surface area contributed by atoms with E-state index in [1.807, 2.05) is 36.0 Å². The topological polar surface area (TPSA) is 3.24 Å². The molecule has 1 heterocycles. The summed E-state index contributed by atoms with van der Waals surface area (Å²) >= 11 is 1.88. The van der Waals surface area contributed by atoms with Crippen LogP contribution in [-0.2, 0) is 6.42 Å². The van der Waals surface area contributed by atoms with Crippen molar-refractivity contribution in [2.75, 3.05) is 25.9 Å². The molecule has 0 N–H and O–H groups in total. The summed E-state index contributed by atoms with van der Waals surface area (Å²) in [7, 11) is -0.218. The second kappa shape index (κ2) is 8.25. The van der Waals surface area contributed by atoms with Gasteiger partial charge in [-0.3, -0.25) is 0 Å². The highest BCUT2D eigenvalue weighted by atomic mass is 32.2. The normalized spacial score (nSPS) is 18.7. The van der Waals surface area contributed by atoms with Crippen LogP contribution in [0, 0.1) is 0 Å². The van der Waals surface area contributed by atoms with Gasteiger partial charge in [-0.15, -0.1) is 11.8 Å². The Kier molecular flexibility index (Phi) is 6.64.